The molecule has 1 aliphatic rings. The molecule has 0 N–H and O–H groups in total. The minimum absolute atomic E-state index is 0.131. The van der Waals surface area contributed by atoms with Crippen LogP contribution in [-0.2, 0) is 19.1 Å². The predicted molar refractivity (Wildman–Crippen MR) is 53.8 cm³/mol. The smallest absolute Gasteiger partial charge is 0.309 e. The third-order valence-electron chi connectivity index (χ3n) is 2.12. The molecule has 0 aromatic heterocycles. The lowest BCUT2D eigenvalue weighted by molar-refractivity contribution is -0.149. The van der Waals surface area contributed by atoms with Crippen molar-refractivity contribution in [2.45, 2.75) is 25.9 Å². The van der Waals surface area contributed by atoms with Crippen molar-refractivity contribution in [2.24, 2.45) is 5.92 Å². The summed E-state index contributed by atoms with van der Waals surface area (Å²) in [7, 11) is 2.51. The van der Waals surface area contributed by atoms with Gasteiger partial charge in [0.1, 0.15) is 6.61 Å². The Balaban J connectivity index is 2.63. The number of carbonyl (C=O) groups is 2. The zero-order chi connectivity index (χ0) is 10.6. The van der Waals surface area contributed by atoms with E-state index in [9.17, 15) is 9.59 Å². The minimum atomic E-state index is -0.297. The summed E-state index contributed by atoms with van der Waals surface area (Å²) in [6.07, 6.45) is 1.12. The molecule has 1 heterocycles. The first kappa shape index (κ1) is 11.4. The summed E-state index contributed by atoms with van der Waals surface area (Å²) in [5.74, 6) is -0.708. The average Bonchev–Trinajstić information content (AvgIpc) is 2.17. The van der Waals surface area contributed by atoms with Crippen molar-refractivity contribution in [3.8, 4) is 0 Å². The van der Waals surface area contributed by atoms with Gasteiger partial charge in [-0.15, -0.1) is 9.24 Å². The minimum Gasteiger partial charge on any atom is -0.465 e. The summed E-state index contributed by atoms with van der Waals surface area (Å²) in [6, 6.07) is 0. The normalized spacial score (nSPS) is 29.6. The highest BCUT2D eigenvalue weighted by molar-refractivity contribution is 7.16. The van der Waals surface area contributed by atoms with Gasteiger partial charge in [-0.25, -0.2) is 0 Å². The van der Waals surface area contributed by atoms with Crippen LogP contribution in [0.1, 0.15) is 19.8 Å². The Morgan fingerprint density at radius 2 is 2.21 bits per heavy atom. The third kappa shape index (κ3) is 3.26. The Morgan fingerprint density at radius 1 is 1.50 bits per heavy atom. The maximum Gasteiger partial charge on any atom is 0.309 e. The highest BCUT2D eigenvalue weighted by Crippen LogP contribution is 2.16. The molecule has 1 saturated heterocycles. The van der Waals surface area contributed by atoms with Gasteiger partial charge in [-0.3, -0.25) is 9.59 Å². The topological polar surface area (TPSA) is 52.6 Å². The quantitative estimate of drug-likeness (QED) is 0.481. The molecular formula is C9H15O4P. The van der Waals surface area contributed by atoms with E-state index in [1.165, 1.54) is 0 Å². The van der Waals surface area contributed by atoms with E-state index >= 15 is 0 Å². The van der Waals surface area contributed by atoms with Gasteiger partial charge in [0.05, 0.1) is 18.4 Å². The maximum atomic E-state index is 11.4. The van der Waals surface area contributed by atoms with Crippen LogP contribution in [0.5, 0.6) is 0 Å². The molecule has 5 heteroatoms. The van der Waals surface area contributed by atoms with Crippen LogP contribution in [0.4, 0.5) is 0 Å². The first-order valence-corrected chi connectivity index (χ1v) is 5.51. The van der Waals surface area contributed by atoms with Crippen molar-refractivity contribution >= 4 is 21.2 Å². The van der Waals surface area contributed by atoms with Gasteiger partial charge in [-0.2, -0.15) is 0 Å². The number of ether oxygens (including phenoxy) is 2. The molecule has 0 bridgehead atoms. The van der Waals surface area contributed by atoms with Crippen molar-refractivity contribution in [3.63, 3.8) is 0 Å². The van der Waals surface area contributed by atoms with Gasteiger partial charge in [0.15, 0.2) is 0 Å². The molecule has 1 aliphatic heterocycles. The van der Waals surface area contributed by atoms with Gasteiger partial charge in [-0.05, 0) is 19.5 Å². The summed E-state index contributed by atoms with van der Waals surface area (Å²) in [5.41, 5.74) is 0. The molecule has 0 aromatic carbocycles. The van der Waals surface area contributed by atoms with E-state index in [4.69, 9.17) is 9.47 Å². The molecule has 4 nitrogen and oxygen atoms in total. The molecule has 0 spiro atoms. The van der Waals surface area contributed by atoms with E-state index in [0.29, 0.717) is 12.6 Å². The Morgan fingerprint density at radius 3 is 2.86 bits per heavy atom. The lowest BCUT2D eigenvalue weighted by Gasteiger charge is -2.15. The first-order valence-electron chi connectivity index (χ1n) is 4.69. The monoisotopic (exact) mass is 218 g/mol. The summed E-state index contributed by atoms with van der Waals surface area (Å²) < 4.78 is 10.0. The first-order chi connectivity index (χ1) is 6.63. The summed E-state index contributed by atoms with van der Waals surface area (Å²) in [4.78, 5) is 22.5. The molecular weight excluding hydrogens is 203 g/mol. The van der Waals surface area contributed by atoms with Crippen molar-refractivity contribution in [1.29, 1.82) is 0 Å². The highest BCUT2D eigenvalue weighted by atomic mass is 31.0. The number of rotatable bonds is 1. The van der Waals surface area contributed by atoms with Gasteiger partial charge in [0, 0.05) is 0 Å². The standard InChI is InChI=1S/C9H15O4P/c1-6-4-7(5-14)9(11)12-3-2-8(10)13-6/h6-7H,2-5,14H2,1H3/t6-,7?/m0/s1. The van der Waals surface area contributed by atoms with Gasteiger partial charge in [0.25, 0.3) is 0 Å². The number of hydrogen-bond donors (Lipinski definition) is 0. The van der Waals surface area contributed by atoms with Gasteiger partial charge < -0.3 is 9.47 Å². The van der Waals surface area contributed by atoms with Crippen molar-refractivity contribution in [3.05, 3.63) is 0 Å². The Hall–Kier alpha value is -0.630. The van der Waals surface area contributed by atoms with Gasteiger partial charge in [0.2, 0.25) is 0 Å². The van der Waals surface area contributed by atoms with E-state index in [1.54, 1.807) is 6.92 Å². The number of hydrogen-bond acceptors (Lipinski definition) is 4. The van der Waals surface area contributed by atoms with Gasteiger partial charge >= 0.3 is 11.9 Å². The SMILES string of the molecule is C[C@H]1CC(CP)C(=O)OCCC(=O)O1. The molecule has 0 radical (unpaired) electrons. The fraction of sp³-hybridized carbons (Fsp3) is 0.778. The van der Waals surface area contributed by atoms with Crippen molar-refractivity contribution in [2.75, 3.05) is 12.8 Å². The third-order valence-corrected chi connectivity index (χ3v) is 2.69. The zero-order valence-electron chi connectivity index (χ0n) is 8.19. The van der Waals surface area contributed by atoms with E-state index in [2.05, 4.69) is 9.24 Å². The lowest BCUT2D eigenvalue weighted by atomic mass is 10.0. The fourth-order valence-corrected chi connectivity index (χ4v) is 1.76. The van der Waals surface area contributed by atoms with Crippen LogP contribution >= 0.6 is 9.24 Å². The van der Waals surface area contributed by atoms with Crippen molar-refractivity contribution < 1.29 is 19.1 Å². The van der Waals surface area contributed by atoms with Crippen LogP contribution in [0.15, 0.2) is 0 Å². The highest BCUT2D eigenvalue weighted by Gasteiger charge is 2.24. The van der Waals surface area contributed by atoms with E-state index in [-0.39, 0.29) is 37.0 Å². The van der Waals surface area contributed by atoms with Crippen LogP contribution in [-0.4, -0.2) is 30.8 Å². The summed E-state index contributed by atoms with van der Waals surface area (Å²) >= 11 is 0. The molecule has 3 atom stereocenters. The second kappa shape index (κ2) is 5.30. The second-order valence-corrected chi connectivity index (χ2v) is 3.86. The lowest BCUT2D eigenvalue weighted by Crippen LogP contribution is -2.23. The Labute approximate surface area is 85.5 Å². The molecule has 0 aliphatic carbocycles. The van der Waals surface area contributed by atoms with E-state index < -0.39 is 0 Å². The number of cyclic esters (lactones) is 2. The van der Waals surface area contributed by atoms with Gasteiger partial charge in [-0.1, -0.05) is 0 Å². The predicted octanol–water partition coefficient (Wildman–Crippen LogP) is 0.746. The van der Waals surface area contributed by atoms with E-state index in [0.717, 1.165) is 0 Å². The number of carbonyl (C=O) groups excluding carboxylic acids is 2. The number of esters is 2. The van der Waals surface area contributed by atoms with Crippen molar-refractivity contribution in [1.82, 2.24) is 0 Å². The van der Waals surface area contributed by atoms with Crippen LogP contribution in [0.3, 0.4) is 0 Å². The summed E-state index contributed by atoms with van der Waals surface area (Å²) in [6.45, 7) is 1.93. The second-order valence-electron chi connectivity index (χ2n) is 3.39. The van der Waals surface area contributed by atoms with Crippen LogP contribution < -0.4 is 0 Å². The summed E-state index contributed by atoms with van der Waals surface area (Å²) in [5, 5.41) is 0. The molecule has 1 fully saturated rings. The Bertz CT molecular complexity index is 229. The van der Waals surface area contributed by atoms with E-state index in [1.807, 2.05) is 0 Å². The maximum absolute atomic E-state index is 11.4. The Kier molecular flexibility index (Phi) is 4.33. The molecule has 1 rings (SSSR count). The largest absolute Gasteiger partial charge is 0.465 e. The molecule has 0 saturated carbocycles. The molecule has 0 amide bonds. The zero-order valence-corrected chi connectivity index (χ0v) is 9.35. The molecule has 80 valence electrons. The van der Waals surface area contributed by atoms with Crippen LogP contribution in [0.25, 0.3) is 0 Å². The molecule has 0 aromatic rings. The molecule has 14 heavy (non-hydrogen) atoms. The average molecular weight is 218 g/mol. The molecule has 2 unspecified atom stereocenters. The van der Waals surface area contributed by atoms with Crippen LogP contribution in [0.2, 0.25) is 0 Å². The fourth-order valence-electron chi connectivity index (χ4n) is 1.37. The van der Waals surface area contributed by atoms with Crippen LogP contribution in [0, 0.1) is 5.92 Å².